The summed E-state index contributed by atoms with van der Waals surface area (Å²) in [5.41, 5.74) is 2.14. The van der Waals surface area contributed by atoms with Crippen LogP contribution in [0.15, 0.2) is 57.9 Å². The maximum Gasteiger partial charge on any atom is 0.243 e. The van der Waals surface area contributed by atoms with Crippen molar-refractivity contribution in [3.8, 4) is 0 Å². The lowest BCUT2D eigenvalue weighted by Crippen LogP contribution is -2.32. The van der Waals surface area contributed by atoms with Crippen molar-refractivity contribution in [2.24, 2.45) is 0 Å². The number of carbonyl (C=O) groups excluding carboxylic acids is 1. The molecule has 26 heavy (non-hydrogen) atoms. The van der Waals surface area contributed by atoms with Crippen LogP contribution in [0.1, 0.15) is 18.4 Å². The number of rotatable bonds is 8. The zero-order chi connectivity index (χ0) is 19.2. The SMILES string of the molecule is O=C(CCCN(Cc1ccc(F)cc1)S(=O)(=O)c1ccc(Br)cc1)NO. The van der Waals surface area contributed by atoms with Crippen LogP contribution in [0.5, 0.6) is 0 Å². The molecule has 6 nitrogen and oxygen atoms in total. The molecule has 0 bridgehead atoms. The minimum Gasteiger partial charge on any atom is -0.289 e. The molecule has 0 unspecified atom stereocenters. The molecule has 0 saturated heterocycles. The summed E-state index contributed by atoms with van der Waals surface area (Å²) in [6, 6.07) is 11.8. The molecule has 0 aromatic heterocycles. The van der Waals surface area contributed by atoms with Crippen LogP contribution in [0.25, 0.3) is 0 Å². The minimum absolute atomic E-state index is 0.0216. The lowest BCUT2D eigenvalue weighted by atomic mass is 10.2. The molecular formula is C17H18BrFN2O4S. The maximum absolute atomic E-state index is 13.1. The van der Waals surface area contributed by atoms with E-state index in [9.17, 15) is 17.6 Å². The summed E-state index contributed by atoms with van der Waals surface area (Å²) in [6.45, 7) is 0.114. The fourth-order valence-electron chi connectivity index (χ4n) is 2.31. The summed E-state index contributed by atoms with van der Waals surface area (Å²) < 4.78 is 41.0. The van der Waals surface area contributed by atoms with Crippen LogP contribution in [0.2, 0.25) is 0 Å². The number of halogens is 2. The van der Waals surface area contributed by atoms with E-state index in [4.69, 9.17) is 5.21 Å². The number of hydroxylamine groups is 1. The van der Waals surface area contributed by atoms with E-state index in [0.29, 0.717) is 5.56 Å². The normalized spacial score (nSPS) is 11.5. The van der Waals surface area contributed by atoms with Gasteiger partial charge in [-0.05, 0) is 48.4 Å². The molecule has 9 heteroatoms. The van der Waals surface area contributed by atoms with Gasteiger partial charge in [-0.1, -0.05) is 28.1 Å². The van der Waals surface area contributed by atoms with Crippen molar-refractivity contribution in [3.05, 3.63) is 64.4 Å². The number of sulfonamides is 1. The van der Waals surface area contributed by atoms with Crippen LogP contribution in [-0.4, -0.2) is 30.4 Å². The van der Waals surface area contributed by atoms with Crippen LogP contribution in [0, 0.1) is 5.82 Å². The summed E-state index contributed by atoms with van der Waals surface area (Å²) >= 11 is 3.26. The maximum atomic E-state index is 13.1. The Morgan fingerprint density at radius 1 is 1.12 bits per heavy atom. The molecule has 2 aromatic carbocycles. The highest BCUT2D eigenvalue weighted by Gasteiger charge is 2.24. The van der Waals surface area contributed by atoms with Crippen molar-refractivity contribution in [1.29, 1.82) is 0 Å². The Balaban J connectivity index is 2.24. The first-order chi connectivity index (χ1) is 12.3. The number of nitrogens with zero attached hydrogens (tertiary/aromatic N) is 1. The highest BCUT2D eigenvalue weighted by molar-refractivity contribution is 9.10. The molecule has 0 heterocycles. The summed E-state index contributed by atoms with van der Waals surface area (Å²) in [5, 5.41) is 8.55. The van der Waals surface area contributed by atoms with Crippen molar-refractivity contribution in [2.75, 3.05) is 6.54 Å². The van der Waals surface area contributed by atoms with Gasteiger partial charge < -0.3 is 0 Å². The highest BCUT2D eigenvalue weighted by Crippen LogP contribution is 2.21. The largest absolute Gasteiger partial charge is 0.289 e. The third-order valence-electron chi connectivity index (χ3n) is 3.66. The zero-order valence-electron chi connectivity index (χ0n) is 13.7. The zero-order valence-corrected chi connectivity index (χ0v) is 16.1. The van der Waals surface area contributed by atoms with E-state index in [-0.39, 0.29) is 30.8 Å². The molecule has 2 rings (SSSR count). The van der Waals surface area contributed by atoms with Gasteiger partial charge in [0.05, 0.1) is 4.90 Å². The van der Waals surface area contributed by atoms with Gasteiger partial charge in [0.15, 0.2) is 0 Å². The number of amides is 1. The molecule has 0 aliphatic heterocycles. The smallest absolute Gasteiger partial charge is 0.243 e. The molecule has 0 saturated carbocycles. The summed E-state index contributed by atoms with van der Waals surface area (Å²) in [5.74, 6) is -0.997. The Labute approximate surface area is 159 Å². The molecular weight excluding hydrogens is 427 g/mol. The van der Waals surface area contributed by atoms with Gasteiger partial charge in [0.25, 0.3) is 0 Å². The third kappa shape index (κ3) is 5.60. The van der Waals surface area contributed by atoms with Gasteiger partial charge in [-0.15, -0.1) is 0 Å². The predicted molar refractivity (Wildman–Crippen MR) is 97.3 cm³/mol. The van der Waals surface area contributed by atoms with E-state index < -0.39 is 21.7 Å². The number of hydrogen-bond donors (Lipinski definition) is 2. The molecule has 0 fully saturated rings. The van der Waals surface area contributed by atoms with Gasteiger partial charge in [-0.25, -0.2) is 18.3 Å². The van der Waals surface area contributed by atoms with Crippen molar-refractivity contribution in [2.45, 2.75) is 24.3 Å². The summed E-state index contributed by atoms with van der Waals surface area (Å²) in [4.78, 5) is 11.3. The quantitative estimate of drug-likeness (QED) is 0.483. The number of benzene rings is 2. The highest BCUT2D eigenvalue weighted by atomic mass is 79.9. The molecule has 1 amide bonds. The van der Waals surface area contributed by atoms with Gasteiger partial charge in [0, 0.05) is 24.0 Å². The number of nitrogens with one attached hydrogen (secondary N) is 1. The molecule has 2 aromatic rings. The van der Waals surface area contributed by atoms with Crippen LogP contribution < -0.4 is 5.48 Å². The Morgan fingerprint density at radius 3 is 2.31 bits per heavy atom. The molecule has 0 aliphatic carbocycles. The van der Waals surface area contributed by atoms with Gasteiger partial charge in [0.2, 0.25) is 15.9 Å². The lowest BCUT2D eigenvalue weighted by Gasteiger charge is -2.22. The Kier molecular flexibility index (Phi) is 7.27. The molecule has 0 radical (unpaired) electrons. The van der Waals surface area contributed by atoms with Crippen LogP contribution in [0.4, 0.5) is 4.39 Å². The second kappa shape index (κ2) is 9.22. The molecule has 0 atom stereocenters. The van der Waals surface area contributed by atoms with Gasteiger partial charge >= 0.3 is 0 Å². The first-order valence-electron chi connectivity index (χ1n) is 7.76. The van der Waals surface area contributed by atoms with E-state index in [1.54, 1.807) is 12.1 Å². The van der Waals surface area contributed by atoms with Crippen molar-refractivity contribution >= 4 is 31.9 Å². The third-order valence-corrected chi connectivity index (χ3v) is 6.05. The van der Waals surface area contributed by atoms with E-state index in [1.165, 1.54) is 46.2 Å². The predicted octanol–water partition coefficient (Wildman–Crippen LogP) is 3.06. The van der Waals surface area contributed by atoms with Gasteiger partial charge in [0.1, 0.15) is 5.82 Å². The van der Waals surface area contributed by atoms with Crippen molar-refractivity contribution in [3.63, 3.8) is 0 Å². The lowest BCUT2D eigenvalue weighted by molar-refractivity contribution is -0.129. The van der Waals surface area contributed by atoms with Crippen molar-refractivity contribution in [1.82, 2.24) is 9.79 Å². The fraction of sp³-hybridized carbons (Fsp3) is 0.235. The summed E-state index contributed by atoms with van der Waals surface area (Å²) in [7, 11) is -3.81. The molecule has 0 aliphatic rings. The Bertz CT molecular complexity index is 842. The van der Waals surface area contributed by atoms with Gasteiger partial charge in [-0.3, -0.25) is 10.0 Å². The molecule has 2 N–H and O–H groups in total. The monoisotopic (exact) mass is 444 g/mol. The average Bonchev–Trinajstić information content (AvgIpc) is 2.62. The van der Waals surface area contributed by atoms with E-state index >= 15 is 0 Å². The molecule has 140 valence electrons. The van der Waals surface area contributed by atoms with Crippen LogP contribution >= 0.6 is 15.9 Å². The standard InChI is InChI=1S/C17H18BrFN2O4S/c18-14-5-9-16(10-6-14)26(24,25)21(11-1-2-17(22)20-23)12-13-3-7-15(19)8-4-13/h3-10,23H,1-2,11-12H2,(H,20,22). The van der Waals surface area contributed by atoms with Gasteiger partial charge in [-0.2, -0.15) is 4.31 Å². The number of carbonyl (C=O) groups is 1. The van der Waals surface area contributed by atoms with E-state index in [1.807, 2.05) is 0 Å². The van der Waals surface area contributed by atoms with E-state index in [2.05, 4.69) is 15.9 Å². The fourth-order valence-corrected chi connectivity index (χ4v) is 4.04. The van der Waals surface area contributed by atoms with Crippen LogP contribution in [-0.2, 0) is 21.4 Å². The Morgan fingerprint density at radius 2 is 1.73 bits per heavy atom. The van der Waals surface area contributed by atoms with Crippen LogP contribution in [0.3, 0.4) is 0 Å². The second-order valence-corrected chi connectivity index (χ2v) is 8.41. The average molecular weight is 445 g/mol. The molecule has 0 spiro atoms. The second-order valence-electron chi connectivity index (χ2n) is 5.56. The first kappa shape index (κ1) is 20.5. The van der Waals surface area contributed by atoms with Crippen molar-refractivity contribution < 1.29 is 22.8 Å². The Hall–Kier alpha value is -1.81. The number of hydrogen-bond acceptors (Lipinski definition) is 4. The summed E-state index contributed by atoms with van der Waals surface area (Å²) in [6.07, 6.45) is 0.204. The van der Waals surface area contributed by atoms with E-state index in [0.717, 1.165) is 4.47 Å². The topological polar surface area (TPSA) is 86.7 Å². The first-order valence-corrected chi connectivity index (χ1v) is 9.99. The minimum atomic E-state index is -3.81.